The van der Waals surface area contributed by atoms with Gasteiger partial charge in [-0.25, -0.2) is 13.3 Å². The topological polar surface area (TPSA) is 74.8 Å². The number of amides is 2. The minimum absolute atomic E-state index is 0.0767. The predicted octanol–water partition coefficient (Wildman–Crippen LogP) is 3.91. The van der Waals surface area contributed by atoms with Crippen molar-refractivity contribution in [3.8, 4) is 0 Å². The Balaban J connectivity index is 1.73. The molecule has 1 aliphatic heterocycles. The lowest BCUT2D eigenvalue weighted by Gasteiger charge is -2.32. The van der Waals surface area contributed by atoms with Gasteiger partial charge in [-0.2, -0.15) is 4.31 Å². The van der Waals surface area contributed by atoms with Gasteiger partial charge in [-0.05, 0) is 56.2 Å². The highest BCUT2D eigenvalue weighted by molar-refractivity contribution is 7.89. The van der Waals surface area contributed by atoms with Crippen molar-refractivity contribution in [1.82, 2.24) is 4.31 Å². The van der Waals surface area contributed by atoms with E-state index < -0.39 is 22.0 Å². The summed E-state index contributed by atoms with van der Waals surface area (Å²) >= 11 is 5.92. The maximum absolute atomic E-state index is 13.6. The van der Waals surface area contributed by atoms with Crippen LogP contribution in [0.5, 0.6) is 0 Å². The summed E-state index contributed by atoms with van der Waals surface area (Å²) in [6.07, 6.45) is 2.99. The molecule has 4 rings (SSSR count). The molecule has 1 saturated heterocycles. The molecule has 2 aromatic rings. The highest BCUT2D eigenvalue weighted by Crippen LogP contribution is 2.35. The van der Waals surface area contributed by atoms with Crippen molar-refractivity contribution >= 4 is 39.1 Å². The minimum atomic E-state index is -3.98. The fourth-order valence-corrected chi connectivity index (χ4v) is 6.24. The van der Waals surface area contributed by atoms with Gasteiger partial charge in [0.25, 0.3) is 5.91 Å². The molecule has 0 spiro atoms. The summed E-state index contributed by atoms with van der Waals surface area (Å²) < 4.78 is 28.4. The van der Waals surface area contributed by atoms with Gasteiger partial charge in [0.2, 0.25) is 15.9 Å². The van der Waals surface area contributed by atoms with Gasteiger partial charge in [-0.3, -0.25) is 9.59 Å². The Kier molecular flexibility index (Phi) is 5.70. The van der Waals surface area contributed by atoms with Gasteiger partial charge in [0.1, 0.15) is 6.04 Å². The Morgan fingerprint density at radius 1 is 0.967 bits per heavy atom. The van der Waals surface area contributed by atoms with E-state index >= 15 is 0 Å². The maximum Gasteiger partial charge on any atom is 0.252 e. The van der Waals surface area contributed by atoms with Crippen LogP contribution in [0.25, 0.3) is 0 Å². The molecule has 0 aromatic heterocycles. The van der Waals surface area contributed by atoms with Crippen molar-refractivity contribution < 1.29 is 18.0 Å². The van der Waals surface area contributed by atoms with Gasteiger partial charge < -0.3 is 0 Å². The summed E-state index contributed by atoms with van der Waals surface area (Å²) in [5, 5.41) is 0.430. The molecular formula is C22H23ClN2O4S. The molecule has 0 N–H and O–H groups in total. The van der Waals surface area contributed by atoms with Crippen molar-refractivity contribution in [2.75, 3.05) is 4.90 Å². The predicted molar refractivity (Wildman–Crippen MR) is 115 cm³/mol. The third-order valence-corrected chi connectivity index (χ3v) is 8.02. The molecule has 1 unspecified atom stereocenters. The third-order valence-electron chi connectivity index (χ3n) is 5.80. The fourth-order valence-electron chi connectivity index (χ4n) is 4.29. The molecule has 1 heterocycles. The number of carbonyl (C=O) groups is 2. The van der Waals surface area contributed by atoms with Crippen molar-refractivity contribution in [3.63, 3.8) is 0 Å². The van der Waals surface area contributed by atoms with E-state index in [4.69, 9.17) is 11.6 Å². The van der Waals surface area contributed by atoms with Crippen LogP contribution in [0.1, 0.15) is 37.7 Å². The molecule has 8 heteroatoms. The van der Waals surface area contributed by atoms with Gasteiger partial charge in [0.15, 0.2) is 0 Å². The van der Waals surface area contributed by atoms with E-state index in [1.165, 1.54) is 28.6 Å². The number of benzene rings is 2. The second-order valence-electron chi connectivity index (χ2n) is 7.85. The number of anilines is 1. The number of imide groups is 1. The van der Waals surface area contributed by atoms with Crippen LogP contribution in [-0.2, 0) is 19.6 Å². The maximum atomic E-state index is 13.6. The zero-order valence-electron chi connectivity index (χ0n) is 16.6. The van der Waals surface area contributed by atoms with E-state index in [9.17, 15) is 18.0 Å². The molecule has 0 radical (unpaired) electrons. The quantitative estimate of drug-likeness (QED) is 0.652. The van der Waals surface area contributed by atoms with Crippen LogP contribution in [0.3, 0.4) is 0 Å². The molecule has 2 fully saturated rings. The molecule has 6 nitrogen and oxygen atoms in total. The van der Waals surface area contributed by atoms with E-state index in [1.54, 1.807) is 12.1 Å². The average Bonchev–Trinajstić information content (AvgIpc) is 3.32. The highest BCUT2D eigenvalue weighted by Gasteiger charge is 2.49. The van der Waals surface area contributed by atoms with E-state index in [0.717, 1.165) is 23.3 Å². The Bertz CT molecular complexity index is 1060. The molecule has 30 heavy (non-hydrogen) atoms. The number of halogens is 1. The van der Waals surface area contributed by atoms with Crippen molar-refractivity contribution in [1.29, 1.82) is 0 Å². The van der Waals surface area contributed by atoms with Crippen LogP contribution in [-0.4, -0.2) is 36.6 Å². The third kappa shape index (κ3) is 3.77. The first-order chi connectivity index (χ1) is 14.3. The second kappa shape index (κ2) is 8.13. The van der Waals surface area contributed by atoms with E-state index in [2.05, 4.69) is 0 Å². The molecular weight excluding hydrogens is 424 g/mol. The van der Waals surface area contributed by atoms with Crippen LogP contribution >= 0.6 is 11.6 Å². The van der Waals surface area contributed by atoms with E-state index in [-0.39, 0.29) is 23.3 Å². The SMILES string of the molecule is Cc1ccc(N2C(=O)CC(N(C3CCCC3)S(=O)(=O)c3ccc(Cl)cc3)C2=O)cc1. The van der Waals surface area contributed by atoms with Gasteiger partial charge in [-0.15, -0.1) is 0 Å². The zero-order chi connectivity index (χ0) is 21.5. The highest BCUT2D eigenvalue weighted by atomic mass is 35.5. The van der Waals surface area contributed by atoms with Crippen LogP contribution in [0.4, 0.5) is 5.69 Å². The smallest absolute Gasteiger partial charge is 0.252 e. The molecule has 2 amide bonds. The second-order valence-corrected chi connectivity index (χ2v) is 10.1. The Labute approximate surface area is 181 Å². The number of hydrogen-bond acceptors (Lipinski definition) is 4. The van der Waals surface area contributed by atoms with E-state index in [0.29, 0.717) is 23.6 Å². The number of aryl methyl sites for hydroxylation is 1. The largest absolute Gasteiger partial charge is 0.274 e. The van der Waals surface area contributed by atoms with Crippen molar-refractivity contribution in [2.24, 2.45) is 0 Å². The monoisotopic (exact) mass is 446 g/mol. The lowest BCUT2D eigenvalue weighted by Crippen LogP contribution is -2.49. The molecule has 1 saturated carbocycles. The fraction of sp³-hybridized carbons (Fsp3) is 0.364. The summed E-state index contributed by atoms with van der Waals surface area (Å²) in [5.74, 6) is -0.878. The average molecular weight is 447 g/mol. The Morgan fingerprint density at radius 3 is 2.17 bits per heavy atom. The van der Waals surface area contributed by atoms with Crippen LogP contribution in [0, 0.1) is 6.92 Å². The van der Waals surface area contributed by atoms with Crippen molar-refractivity contribution in [3.05, 3.63) is 59.1 Å². The summed E-state index contributed by atoms with van der Waals surface area (Å²) in [7, 11) is -3.98. The van der Waals surface area contributed by atoms with Crippen molar-refractivity contribution in [2.45, 2.75) is 56.0 Å². The zero-order valence-corrected chi connectivity index (χ0v) is 18.2. The lowest BCUT2D eigenvalue weighted by molar-refractivity contribution is -0.122. The summed E-state index contributed by atoms with van der Waals surface area (Å²) in [4.78, 5) is 27.3. The van der Waals surface area contributed by atoms with Gasteiger partial charge in [0, 0.05) is 11.1 Å². The Morgan fingerprint density at radius 2 is 1.57 bits per heavy atom. The standard InChI is InChI=1S/C22H23ClN2O4S/c1-15-6-10-17(11-7-15)24-21(26)14-20(22(24)27)25(18-4-2-3-5-18)30(28,29)19-12-8-16(23)9-13-19/h6-13,18,20H,2-5,14H2,1H3. The molecule has 2 aliphatic rings. The lowest BCUT2D eigenvalue weighted by atomic mass is 10.1. The summed E-state index contributed by atoms with van der Waals surface area (Å²) in [5.41, 5.74) is 1.47. The molecule has 158 valence electrons. The van der Waals surface area contributed by atoms with Gasteiger partial charge in [0.05, 0.1) is 17.0 Å². The molecule has 0 bridgehead atoms. The number of hydrogen-bond donors (Lipinski definition) is 0. The number of sulfonamides is 1. The first-order valence-electron chi connectivity index (χ1n) is 10.0. The summed E-state index contributed by atoms with van der Waals surface area (Å²) in [6, 6.07) is 11.6. The number of rotatable bonds is 5. The van der Waals surface area contributed by atoms with Crippen LogP contribution in [0.2, 0.25) is 5.02 Å². The number of nitrogens with zero attached hydrogens (tertiary/aromatic N) is 2. The normalized spacial score (nSPS) is 20.5. The Hall–Kier alpha value is -2.22. The molecule has 1 aliphatic carbocycles. The number of carbonyl (C=O) groups excluding carboxylic acids is 2. The van der Waals surface area contributed by atoms with Crippen LogP contribution < -0.4 is 4.90 Å². The van der Waals surface area contributed by atoms with Crippen LogP contribution in [0.15, 0.2) is 53.4 Å². The van der Waals surface area contributed by atoms with Gasteiger partial charge in [-0.1, -0.05) is 42.1 Å². The molecule has 2 aromatic carbocycles. The summed E-state index contributed by atoms with van der Waals surface area (Å²) in [6.45, 7) is 1.92. The molecule has 1 atom stereocenters. The van der Waals surface area contributed by atoms with E-state index in [1.807, 2.05) is 19.1 Å². The minimum Gasteiger partial charge on any atom is -0.274 e. The van der Waals surface area contributed by atoms with Gasteiger partial charge >= 0.3 is 0 Å². The first kappa shape index (κ1) is 21.0. The first-order valence-corrected chi connectivity index (χ1v) is 11.8.